The Labute approximate surface area is 120 Å². The van der Waals surface area contributed by atoms with E-state index in [0.717, 1.165) is 51.4 Å². The molecule has 0 atom stereocenters. The lowest BCUT2D eigenvalue weighted by atomic mass is 10.1. The number of rotatable bonds is 14. The molecule has 0 heterocycles. The molecule has 0 aromatic rings. The summed E-state index contributed by atoms with van der Waals surface area (Å²) in [5.41, 5.74) is 0. The molecule has 3 N–H and O–H groups in total. The third-order valence-corrected chi connectivity index (χ3v) is 3.56. The van der Waals surface area contributed by atoms with Crippen molar-refractivity contribution >= 4 is 13.8 Å². The summed E-state index contributed by atoms with van der Waals surface area (Å²) in [6, 6.07) is 0. The zero-order chi connectivity index (χ0) is 15.3. The van der Waals surface area contributed by atoms with Gasteiger partial charge in [-0.25, -0.2) is 4.57 Å². The lowest BCUT2D eigenvalue weighted by molar-refractivity contribution is -0.137. The van der Waals surface area contributed by atoms with Gasteiger partial charge in [0.25, 0.3) is 0 Å². The van der Waals surface area contributed by atoms with E-state index in [0.29, 0.717) is 6.42 Å². The minimum Gasteiger partial charge on any atom is -0.481 e. The highest BCUT2D eigenvalue weighted by Crippen LogP contribution is 2.35. The van der Waals surface area contributed by atoms with E-state index in [1.54, 1.807) is 0 Å². The number of hydrogen-bond donors (Lipinski definition) is 3. The Balaban J connectivity index is 3.06. The average Bonchev–Trinajstić information content (AvgIpc) is 2.33. The fourth-order valence-corrected chi connectivity index (χ4v) is 2.34. The molecule has 0 aliphatic carbocycles. The van der Waals surface area contributed by atoms with Gasteiger partial charge >= 0.3 is 13.8 Å². The number of hydrogen-bond acceptors (Lipinski definition) is 3. The quantitative estimate of drug-likeness (QED) is 0.335. The first kappa shape index (κ1) is 19.6. The summed E-state index contributed by atoms with van der Waals surface area (Å²) in [7, 11) is -4.29. The molecule has 0 amide bonds. The summed E-state index contributed by atoms with van der Waals surface area (Å²) in [5.74, 6) is -0.715. The van der Waals surface area contributed by atoms with Crippen molar-refractivity contribution in [2.75, 3.05) is 6.61 Å². The zero-order valence-corrected chi connectivity index (χ0v) is 12.9. The van der Waals surface area contributed by atoms with E-state index in [2.05, 4.69) is 4.52 Å². The molecule has 0 saturated carbocycles. The molecule has 0 aromatic carbocycles. The number of unbranched alkanes of at least 4 members (excludes halogenated alkanes) is 9. The molecule has 0 unspecified atom stereocenters. The zero-order valence-electron chi connectivity index (χ0n) is 12.0. The predicted molar refractivity (Wildman–Crippen MR) is 76.4 cm³/mol. The topological polar surface area (TPSA) is 104 Å². The molecule has 7 heteroatoms. The van der Waals surface area contributed by atoms with Gasteiger partial charge in [-0.1, -0.05) is 51.4 Å². The van der Waals surface area contributed by atoms with Gasteiger partial charge in [0.05, 0.1) is 6.61 Å². The first-order valence-corrected chi connectivity index (χ1v) is 8.87. The van der Waals surface area contributed by atoms with Gasteiger partial charge in [-0.3, -0.25) is 9.32 Å². The van der Waals surface area contributed by atoms with E-state index in [1.165, 1.54) is 6.42 Å². The van der Waals surface area contributed by atoms with Crippen molar-refractivity contribution in [3.63, 3.8) is 0 Å². The molecule has 0 radical (unpaired) electrons. The van der Waals surface area contributed by atoms with E-state index in [1.807, 2.05) is 0 Å². The van der Waals surface area contributed by atoms with Crippen molar-refractivity contribution in [3.8, 4) is 0 Å². The Kier molecular flexibility index (Phi) is 12.1. The summed E-state index contributed by atoms with van der Waals surface area (Å²) < 4.78 is 14.7. The van der Waals surface area contributed by atoms with E-state index in [-0.39, 0.29) is 13.0 Å². The number of carbonyl (C=O) groups is 1. The minimum absolute atomic E-state index is 0.119. The van der Waals surface area contributed by atoms with Crippen molar-refractivity contribution in [1.29, 1.82) is 0 Å². The lowest BCUT2D eigenvalue weighted by Gasteiger charge is -2.05. The normalized spacial score (nSPS) is 11.7. The van der Waals surface area contributed by atoms with Crippen molar-refractivity contribution < 1.29 is 28.8 Å². The molecule has 0 aliphatic rings. The molecular weight excluding hydrogens is 283 g/mol. The SMILES string of the molecule is O=C(O)CCCCCCCCCCCCOP(=O)(O)O. The molecule has 0 saturated heterocycles. The molecular formula is C13H27O6P. The van der Waals surface area contributed by atoms with E-state index < -0.39 is 13.8 Å². The fourth-order valence-electron chi connectivity index (χ4n) is 1.98. The van der Waals surface area contributed by atoms with Crippen LogP contribution >= 0.6 is 7.82 Å². The predicted octanol–water partition coefficient (Wildman–Crippen LogP) is 3.47. The van der Waals surface area contributed by atoms with Crippen LogP contribution in [0.1, 0.15) is 70.6 Å². The van der Waals surface area contributed by atoms with Crippen molar-refractivity contribution in [3.05, 3.63) is 0 Å². The van der Waals surface area contributed by atoms with Crippen molar-refractivity contribution in [2.45, 2.75) is 70.6 Å². The number of aliphatic carboxylic acids is 1. The standard InChI is InChI=1S/C13H27O6P/c14-13(15)11-9-7-5-3-1-2-4-6-8-10-12-19-20(16,17)18/h1-12H2,(H,14,15)(H2,16,17,18). The van der Waals surface area contributed by atoms with Crippen LogP contribution in [-0.4, -0.2) is 27.5 Å². The van der Waals surface area contributed by atoms with Gasteiger partial charge in [-0.2, -0.15) is 0 Å². The van der Waals surface area contributed by atoms with Crippen LogP contribution in [0.15, 0.2) is 0 Å². The Hall–Kier alpha value is -0.420. The van der Waals surface area contributed by atoms with Crippen LogP contribution in [0, 0.1) is 0 Å². The highest BCUT2D eigenvalue weighted by atomic mass is 31.2. The first-order valence-electron chi connectivity index (χ1n) is 7.34. The molecule has 6 nitrogen and oxygen atoms in total. The van der Waals surface area contributed by atoms with E-state index in [9.17, 15) is 9.36 Å². The maximum atomic E-state index is 10.4. The Morgan fingerprint density at radius 1 is 0.800 bits per heavy atom. The summed E-state index contributed by atoms with van der Waals surface area (Å²) in [4.78, 5) is 27.2. The van der Waals surface area contributed by atoms with E-state index in [4.69, 9.17) is 14.9 Å². The minimum atomic E-state index is -4.29. The largest absolute Gasteiger partial charge is 0.481 e. The summed E-state index contributed by atoms with van der Waals surface area (Å²) in [5, 5.41) is 8.47. The molecule has 0 fully saturated rings. The second-order valence-corrected chi connectivity index (χ2v) is 6.24. The molecule has 20 heavy (non-hydrogen) atoms. The third-order valence-electron chi connectivity index (χ3n) is 3.04. The molecule has 0 rings (SSSR count). The van der Waals surface area contributed by atoms with Gasteiger partial charge in [0.15, 0.2) is 0 Å². The Bertz CT molecular complexity index is 289. The van der Waals surface area contributed by atoms with Gasteiger partial charge in [0.1, 0.15) is 0 Å². The van der Waals surface area contributed by atoms with Crippen LogP contribution in [0.2, 0.25) is 0 Å². The van der Waals surface area contributed by atoms with Gasteiger partial charge < -0.3 is 14.9 Å². The number of phosphoric ester groups is 1. The van der Waals surface area contributed by atoms with Crippen LogP contribution in [0.5, 0.6) is 0 Å². The average molecular weight is 310 g/mol. The fraction of sp³-hybridized carbons (Fsp3) is 0.923. The number of carboxylic acids is 1. The summed E-state index contributed by atoms with van der Waals surface area (Å²) in [6.07, 6.45) is 10.4. The third kappa shape index (κ3) is 17.6. The Morgan fingerprint density at radius 2 is 1.20 bits per heavy atom. The smallest absolute Gasteiger partial charge is 0.469 e. The Morgan fingerprint density at radius 3 is 1.60 bits per heavy atom. The highest BCUT2D eigenvalue weighted by molar-refractivity contribution is 7.46. The first-order chi connectivity index (χ1) is 9.42. The van der Waals surface area contributed by atoms with Crippen LogP contribution in [0.25, 0.3) is 0 Å². The van der Waals surface area contributed by atoms with Crippen molar-refractivity contribution in [1.82, 2.24) is 0 Å². The summed E-state index contributed by atoms with van der Waals surface area (Å²) >= 11 is 0. The van der Waals surface area contributed by atoms with Gasteiger partial charge in [0, 0.05) is 6.42 Å². The van der Waals surface area contributed by atoms with Crippen molar-refractivity contribution in [2.24, 2.45) is 0 Å². The maximum absolute atomic E-state index is 10.4. The molecule has 0 bridgehead atoms. The van der Waals surface area contributed by atoms with Gasteiger partial charge in [-0.05, 0) is 12.8 Å². The monoisotopic (exact) mass is 310 g/mol. The van der Waals surface area contributed by atoms with Crippen LogP contribution in [0.4, 0.5) is 0 Å². The number of phosphoric acid groups is 1. The van der Waals surface area contributed by atoms with Crippen LogP contribution in [0.3, 0.4) is 0 Å². The number of carboxylic acid groups (broad SMARTS) is 1. The molecule has 0 aromatic heterocycles. The second kappa shape index (κ2) is 12.3. The van der Waals surface area contributed by atoms with Gasteiger partial charge in [0.2, 0.25) is 0 Å². The summed E-state index contributed by atoms with van der Waals surface area (Å²) in [6.45, 7) is 0.119. The molecule has 120 valence electrons. The highest BCUT2D eigenvalue weighted by Gasteiger charge is 2.12. The van der Waals surface area contributed by atoms with Crippen LogP contribution < -0.4 is 0 Å². The second-order valence-electron chi connectivity index (χ2n) is 5.00. The van der Waals surface area contributed by atoms with E-state index >= 15 is 0 Å². The van der Waals surface area contributed by atoms with Crippen LogP contribution in [-0.2, 0) is 13.9 Å². The van der Waals surface area contributed by atoms with Gasteiger partial charge in [-0.15, -0.1) is 0 Å². The molecule has 0 aliphatic heterocycles. The molecule has 0 spiro atoms. The maximum Gasteiger partial charge on any atom is 0.469 e. The lowest BCUT2D eigenvalue weighted by Crippen LogP contribution is -1.93.